The van der Waals surface area contributed by atoms with Crippen molar-refractivity contribution >= 4 is 17.9 Å². The van der Waals surface area contributed by atoms with E-state index in [0.29, 0.717) is 0 Å². The van der Waals surface area contributed by atoms with Crippen molar-refractivity contribution in [3.8, 4) is 0 Å². The van der Waals surface area contributed by atoms with Gasteiger partial charge >= 0.3 is 0 Å². The summed E-state index contributed by atoms with van der Waals surface area (Å²) in [4.78, 5) is 3.67. The van der Waals surface area contributed by atoms with E-state index in [9.17, 15) is 0 Å². The van der Waals surface area contributed by atoms with Gasteiger partial charge in [-0.05, 0) is 0 Å². The summed E-state index contributed by atoms with van der Waals surface area (Å²) in [6.07, 6.45) is 1.57. The van der Waals surface area contributed by atoms with Gasteiger partial charge in [-0.15, -0.1) is 0 Å². The number of aliphatic imine (C=N–C) groups is 1. The summed E-state index contributed by atoms with van der Waals surface area (Å²) in [5, 5.41) is 2.74. The Kier molecular flexibility index (Phi) is 0.965. The van der Waals surface area contributed by atoms with E-state index in [1.165, 1.54) is 0 Å². The standard InChI is InChI=1S/C3H4ClN2/c4-3-1-5-2-6-3/h1-3H,(H,5,6). The van der Waals surface area contributed by atoms with Gasteiger partial charge in [-0.2, -0.15) is 0 Å². The van der Waals surface area contributed by atoms with Crippen molar-refractivity contribution in [2.24, 2.45) is 4.99 Å². The summed E-state index contributed by atoms with van der Waals surface area (Å²) in [5.41, 5.74) is -0.0787. The van der Waals surface area contributed by atoms with E-state index >= 15 is 0 Å². The molecular weight excluding hydrogens is 99.5 g/mol. The molecule has 3 heteroatoms. The molecule has 0 aromatic heterocycles. The average molecular weight is 104 g/mol. The molecule has 0 aliphatic carbocycles. The quantitative estimate of drug-likeness (QED) is 0.347. The van der Waals surface area contributed by atoms with E-state index in [4.69, 9.17) is 11.6 Å². The van der Waals surface area contributed by atoms with Crippen LogP contribution in [-0.4, -0.2) is 11.8 Å². The van der Waals surface area contributed by atoms with Crippen LogP contribution in [0.2, 0.25) is 0 Å². The van der Waals surface area contributed by atoms with Crippen molar-refractivity contribution in [2.75, 3.05) is 0 Å². The van der Waals surface area contributed by atoms with Gasteiger partial charge < -0.3 is 5.32 Å². The third-order valence-corrected chi connectivity index (χ3v) is 0.764. The van der Waals surface area contributed by atoms with Crippen molar-refractivity contribution in [3.05, 3.63) is 6.54 Å². The minimum atomic E-state index is -0.0787. The van der Waals surface area contributed by atoms with Crippen LogP contribution in [-0.2, 0) is 0 Å². The lowest BCUT2D eigenvalue weighted by atomic mass is 10.7. The molecule has 0 saturated carbocycles. The highest BCUT2D eigenvalue weighted by Crippen LogP contribution is 1.98. The number of hydrogen-bond donors (Lipinski definition) is 1. The molecule has 6 heavy (non-hydrogen) atoms. The van der Waals surface area contributed by atoms with Crippen LogP contribution in [0.5, 0.6) is 0 Å². The second kappa shape index (κ2) is 1.47. The van der Waals surface area contributed by atoms with Crippen molar-refractivity contribution in [1.29, 1.82) is 0 Å². The first-order valence-corrected chi connectivity index (χ1v) is 2.08. The van der Waals surface area contributed by atoms with Crippen LogP contribution in [0, 0.1) is 6.54 Å². The fourth-order valence-corrected chi connectivity index (χ4v) is 0.397. The minimum Gasteiger partial charge on any atom is -0.359 e. The Labute approximate surface area is 41.2 Å². The molecule has 0 fully saturated rings. The molecule has 1 unspecified atom stereocenters. The Morgan fingerprint density at radius 3 is 2.83 bits per heavy atom. The SMILES string of the molecule is ClC1[CH]N=CN1. The fraction of sp³-hybridized carbons (Fsp3) is 0.333. The number of halogens is 1. The molecule has 0 saturated heterocycles. The summed E-state index contributed by atoms with van der Waals surface area (Å²) in [7, 11) is 0. The lowest BCUT2D eigenvalue weighted by Crippen LogP contribution is -2.14. The monoisotopic (exact) mass is 103 g/mol. The van der Waals surface area contributed by atoms with Gasteiger partial charge in [-0.3, -0.25) is 4.99 Å². The number of nitrogens with zero attached hydrogens (tertiary/aromatic N) is 1. The fourth-order valence-electron chi connectivity index (χ4n) is 0.276. The molecule has 0 aromatic rings. The van der Waals surface area contributed by atoms with Crippen LogP contribution >= 0.6 is 11.6 Å². The number of alkyl halides is 1. The molecule has 0 bridgehead atoms. The first-order chi connectivity index (χ1) is 2.89. The second-order valence-corrected chi connectivity index (χ2v) is 1.47. The molecule has 1 heterocycles. The van der Waals surface area contributed by atoms with Crippen LogP contribution in [0.4, 0.5) is 0 Å². The topological polar surface area (TPSA) is 24.4 Å². The highest BCUT2D eigenvalue weighted by molar-refractivity contribution is 6.22. The van der Waals surface area contributed by atoms with E-state index in [-0.39, 0.29) is 5.50 Å². The zero-order valence-electron chi connectivity index (χ0n) is 3.06. The van der Waals surface area contributed by atoms with Crippen LogP contribution in [0.25, 0.3) is 0 Å². The highest BCUT2D eigenvalue weighted by atomic mass is 35.5. The van der Waals surface area contributed by atoms with Crippen LogP contribution < -0.4 is 5.32 Å². The normalized spacial score (nSPS) is 30.5. The molecule has 1 N–H and O–H groups in total. The molecule has 2 nitrogen and oxygen atoms in total. The summed E-state index contributed by atoms with van der Waals surface area (Å²) in [6.45, 7) is 1.63. The van der Waals surface area contributed by atoms with Crippen molar-refractivity contribution in [2.45, 2.75) is 5.50 Å². The van der Waals surface area contributed by atoms with Crippen molar-refractivity contribution in [1.82, 2.24) is 5.32 Å². The molecular formula is C3H4ClN2. The van der Waals surface area contributed by atoms with Crippen LogP contribution in [0.15, 0.2) is 4.99 Å². The third-order valence-electron chi connectivity index (χ3n) is 0.525. The van der Waals surface area contributed by atoms with Gasteiger partial charge in [-0.1, -0.05) is 11.6 Å². The molecule has 1 aliphatic rings. The van der Waals surface area contributed by atoms with E-state index in [2.05, 4.69) is 10.3 Å². The zero-order chi connectivity index (χ0) is 4.41. The Morgan fingerprint density at radius 2 is 2.67 bits per heavy atom. The number of nitrogens with one attached hydrogen (secondary N) is 1. The molecule has 0 spiro atoms. The van der Waals surface area contributed by atoms with E-state index < -0.39 is 0 Å². The maximum Gasteiger partial charge on any atom is 0.127 e. The van der Waals surface area contributed by atoms with Gasteiger partial charge in [0.1, 0.15) is 12.0 Å². The van der Waals surface area contributed by atoms with Gasteiger partial charge in [-0.25, -0.2) is 0 Å². The lowest BCUT2D eigenvalue weighted by molar-refractivity contribution is 0.968. The predicted molar refractivity (Wildman–Crippen MR) is 25.6 cm³/mol. The molecule has 1 atom stereocenters. The Bertz CT molecular complexity index is 63.2. The zero-order valence-corrected chi connectivity index (χ0v) is 3.81. The molecule has 1 radical (unpaired) electrons. The predicted octanol–water partition coefficient (Wildman–Crippen LogP) is 0.345. The van der Waals surface area contributed by atoms with Crippen LogP contribution in [0.3, 0.4) is 0 Å². The van der Waals surface area contributed by atoms with E-state index in [1.807, 2.05) is 0 Å². The molecule has 1 rings (SSSR count). The molecule has 1 aliphatic heterocycles. The molecule has 33 valence electrons. The Morgan fingerprint density at radius 1 is 1.83 bits per heavy atom. The van der Waals surface area contributed by atoms with Gasteiger partial charge in [0.05, 0.1) is 6.34 Å². The third kappa shape index (κ3) is 0.627. The van der Waals surface area contributed by atoms with Gasteiger partial charge in [0, 0.05) is 0 Å². The first kappa shape index (κ1) is 3.93. The first-order valence-electron chi connectivity index (χ1n) is 1.65. The van der Waals surface area contributed by atoms with Crippen molar-refractivity contribution in [3.63, 3.8) is 0 Å². The number of hydrogen-bond acceptors (Lipinski definition) is 2. The van der Waals surface area contributed by atoms with Gasteiger partial charge in [0.15, 0.2) is 0 Å². The smallest absolute Gasteiger partial charge is 0.127 e. The Hall–Kier alpha value is -0.240. The van der Waals surface area contributed by atoms with E-state index in [1.54, 1.807) is 12.9 Å². The highest BCUT2D eigenvalue weighted by Gasteiger charge is 2.02. The Balaban J connectivity index is 2.32. The van der Waals surface area contributed by atoms with E-state index in [0.717, 1.165) is 0 Å². The average Bonchev–Trinajstić information content (AvgIpc) is 1.86. The minimum absolute atomic E-state index is 0.0787. The lowest BCUT2D eigenvalue weighted by Gasteiger charge is -1.91. The number of rotatable bonds is 0. The molecule has 0 amide bonds. The summed E-state index contributed by atoms with van der Waals surface area (Å²) < 4.78 is 0. The van der Waals surface area contributed by atoms with Gasteiger partial charge in [0.2, 0.25) is 0 Å². The second-order valence-electron chi connectivity index (χ2n) is 0.996. The summed E-state index contributed by atoms with van der Waals surface area (Å²) in [5.74, 6) is 0. The van der Waals surface area contributed by atoms with Crippen molar-refractivity contribution < 1.29 is 0 Å². The maximum atomic E-state index is 5.42. The maximum absolute atomic E-state index is 5.42. The summed E-state index contributed by atoms with van der Waals surface area (Å²) in [6, 6.07) is 0. The largest absolute Gasteiger partial charge is 0.359 e. The molecule has 0 aromatic carbocycles. The summed E-state index contributed by atoms with van der Waals surface area (Å²) >= 11 is 5.42. The van der Waals surface area contributed by atoms with Crippen LogP contribution in [0.1, 0.15) is 0 Å². The van der Waals surface area contributed by atoms with Gasteiger partial charge in [0.25, 0.3) is 0 Å².